The largest absolute Gasteiger partial charge is 0.476 e. The van der Waals surface area contributed by atoms with Crippen LogP contribution < -0.4 is 5.32 Å². The molecule has 1 atom stereocenters. The number of hydrogen-bond donors (Lipinski definition) is 2. The van der Waals surface area contributed by atoms with Gasteiger partial charge in [0.1, 0.15) is 5.82 Å². The molecule has 0 saturated heterocycles. The first kappa shape index (κ1) is 12.5. The van der Waals surface area contributed by atoms with E-state index < -0.39 is 5.97 Å². The molecule has 0 aliphatic heterocycles. The van der Waals surface area contributed by atoms with E-state index in [1.54, 1.807) is 11.3 Å². The average molecular weight is 263 g/mol. The Kier molecular flexibility index (Phi) is 3.88. The summed E-state index contributed by atoms with van der Waals surface area (Å²) in [5.74, 6) is -0.483. The third-order valence-electron chi connectivity index (χ3n) is 2.39. The van der Waals surface area contributed by atoms with Crippen LogP contribution in [0.5, 0.6) is 0 Å². The Hall–Kier alpha value is -1.95. The van der Waals surface area contributed by atoms with Crippen molar-refractivity contribution in [2.75, 3.05) is 5.32 Å². The number of nitrogens with zero attached hydrogens (tertiary/aromatic N) is 2. The van der Waals surface area contributed by atoms with Crippen molar-refractivity contribution in [1.29, 1.82) is 0 Å². The number of anilines is 1. The molecule has 2 aromatic heterocycles. The summed E-state index contributed by atoms with van der Waals surface area (Å²) in [6, 6.07) is 2.30. The van der Waals surface area contributed by atoms with Crippen LogP contribution in [0, 0.1) is 0 Å². The molecule has 0 aliphatic rings. The molecule has 0 aromatic carbocycles. The van der Waals surface area contributed by atoms with Crippen LogP contribution in [0.25, 0.3) is 0 Å². The number of hydrogen-bond acceptors (Lipinski definition) is 5. The Morgan fingerprint density at radius 3 is 2.89 bits per heavy atom. The fourth-order valence-corrected chi connectivity index (χ4v) is 2.26. The van der Waals surface area contributed by atoms with E-state index in [1.165, 1.54) is 18.0 Å². The van der Waals surface area contributed by atoms with Gasteiger partial charge in [0.2, 0.25) is 0 Å². The standard InChI is InChI=1S/C12H13N3O2S/c1-8(4-9-2-3-18-7-9)15-11-6-13-10(5-14-11)12(16)17/h2-3,5-8H,4H2,1H3,(H,14,15)(H,16,17). The third kappa shape index (κ3) is 3.27. The van der Waals surface area contributed by atoms with Crippen LogP contribution in [0.4, 0.5) is 5.82 Å². The van der Waals surface area contributed by atoms with E-state index in [0.29, 0.717) is 5.82 Å². The summed E-state index contributed by atoms with van der Waals surface area (Å²) in [4.78, 5) is 18.4. The van der Waals surface area contributed by atoms with Gasteiger partial charge in [-0.3, -0.25) is 0 Å². The van der Waals surface area contributed by atoms with Gasteiger partial charge in [-0.15, -0.1) is 0 Å². The number of aromatic carboxylic acids is 1. The van der Waals surface area contributed by atoms with Crippen LogP contribution >= 0.6 is 11.3 Å². The summed E-state index contributed by atoms with van der Waals surface area (Å²) in [6.45, 7) is 2.05. The molecule has 2 aromatic rings. The smallest absolute Gasteiger partial charge is 0.356 e. The van der Waals surface area contributed by atoms with Gasteiger partial charge >= 0.3 is 5.97 Å². The van der Waals surface area contributed by atoms with Crippen LogP contribution in [0.15, 0.2) is 29.2 Å². The fraction of sp³-hybridized carbons (Fsp3) is 0.250. The number of nitrogens with one attached hydrogen (secondary N) is 1. The van der Waals surface area contributed by atoms with Gasteiger partial charge in [0, 0.05) is 6.04 Å². The molecule has 18 heavy (non-hydrogen) atoms. The van der Waals surface area contributed by atoms with Crippen LogP contribution in [0.2, 0.25) is 0 Å². The van der Waals surface area contributed by atoms with E-state index in [0.717, 1.165) is 6.42 Å². The second kappa shape index (κ2) is 5.59. The number of rotatable bonds is 5. The van der Waals surface area contributed by atoms with Gasteiger partial charge in [0.15, 0.2) is 5.69 Å². The highest BCUT2D eigenvalue weighted by molar-refractivity contribution is 7.07. The fourth-order valence-electron chi connectivity index (χ4n) is 1.58. The lowest BCUT2D eigenvalue weighted by atomic mass is 10.1. The molecule has 0 aliphatic carbocycles. The van der Waals surface area contributed by atoms with Gasteiger partial charge in [0.05, 0.1) is 12.4 Å². The molecule has 0 bridgehead atoms. The zero-order valence-electron chi connectivity index (χ0n) is 9.83. The Bertz CT molecular complexity index is 511. The van der Waals surface area contributed by atoms with Crippen molar-refractivity contribution in [3.05, 3.63) is 40.5 Å². The van der Waals surface area contributed by atoms with Crippen molar-refractivity contribution >= 4 is 23.1 Å². The molecular formula is C12H13N3O2S. The van der Waals surface area contributed by atoms with Gasteiger partial charge in [0.25, 0.3) is 0 Å². The Morgan fingerprint density at radius 1 is 1.50 bits per heavy atom. The molecule has 6 heteroatoms. The molecule has 0 saturated carbocycles. The van der Waals surface area contributed by atoms with E-state index in [2.05, 4.69) is 26.7 Å². The number of thiophene rings is 1. The molecule has 1 unspecified atom stereocenters. The summed E-state index contributed by atoms with van der Waals surface area (Å²) in [5.41, 5.74) is 1.22. The molecule has 0 amide bonds. The number of aromatic nitrogens is 2. The topological polar surface area (TPSA) is 75.1 Å². The minimum Gasteiger partial charge on any atom is -0.476 e. The quantitative estimate of drug-likeness (QED) is 0.865. The van der Waals surface area contributed by atoms with Gasteiger partial charge < -0.3 is 10.4 Å². The van der Waals surface area contributed by atoms with Crippen molar-refractivity contribution < 1.29 is 9.90 Å². The summed E-state index contributed by atoms with van der Waals surface area (Å²) in [5, 5.41) is 16.0. The van der Waals surface area contributed by atoms with Crippen molar-refractivity contribution in [3.63, 3.8) is 0 Å². The van der Waals surface area contributed by atoms with Gasteiger partial charge in [-0.05, 0) is 35.7 Å². The van der Waals surface area contributed by atoms with Crippen molar-refractivity contribution in [2.45, 2.75) is 19.4 Å². The second-order valence-corrected chi connectivity index (χ2v) is 4.75. The summed E-state index contributed by atoms with van der Waals surface area (Å²) in [6.07, 6.45) is 3.58. The Labute approximate surface area is 109 Å². The summed E-state index contributed by atoms with van der Waals surface area (Å²) >= 11 is 1.67. The van der Waals surface area contributed by atoms with Crippen molar-refractivity contribution in [2.24, 2.45) is 0 Å². The highest BCUT2D eigenvalue weighted by Gasteiger charge is 2.07. The molecule has 94 valence electrons. The molecule has 0 fully saturated rings. The molecule has 5 nitrogen and oxygen atoms in total. The molecule has 0 radical (unpaired) electrons. The molecule has 2 N–H and O–H groups in total. The highest BCUT2D eigenvalue weighted by atomic mass is 32.1. The second-order valence-electron chi connectivity index (χ2n) is 3.97. The highest BCUT2D eigenvalue weighted by Crippen LogP contribution is 2.11. The Balaban J connectivity index is 1.94. The normalized spacial score (nSPS) is 12.1. The number of carbonyl (C=O) groups is 1. The molecule has 0 spiro atoms. The first-order valence-electron chi connectivity index (χ1n) is 5.48. The first-order valence-corrected chi connectivity index (χ1v) is 6.42. The van der Waals surface area contributed by atoms with E-state index in [1.807, 2.05) is 12.3 Å². The predicted molar refractivity (Wildman–Crippen MR) is 70.1 cm³/mol. The number of carboxylic acid groups (broad SMARTS) is 1. The summed E-state index contributed by atoms with van der Waals surface area (Å²) < 4.78 is 0. The predicted octanol–water partition coefficient (Wildman–Crippen LogP) is 2.28. The maximum atomic E-state index is 10.6. The molecule has 2 rings (SSSR count). The van der Waals surface area contributed by atoms with Crippen LogP contribution in [-0.4, -0.2) is 27.1 Å². The van der Waals surface area contributed by atoms with Crippen molar-refractivity contribution in [3.8, 4) is 0 Å². The minimum atomic E-state index is -1.07. The van der Waals surface area contributed by atoms with Crippen LogP contribution in [0.3, 0.4) is 0 Å². The van der Waals surface area contributed by atoms with Crippen LogP contribution in [-0.2, 0) is 6.42 Å². The lowest BCUT2D eigenvalue weighted by Crippen LogP contribution is -2.19. The first-order chi connectivity index (χ1) is 8.65. The lowest BCUT2D eigenvalue weighted by molar-refractivity contribution is 0.0690. The van der Waals surface area contributed by atoms with Crippen molar-refractivity contribution in [1.82, 2.24) is 9.97 Å². The lowest BCUT2D eigenvalue weighted by Gasteiger charge is -2.13. The maximum absolute atomic E-state index is 10.6. The minimum absolute atomic E-state index is 0.0500. The van der Waals surface area contributed by atoms with Gasteiger partial charge in [-0.2, -0.15) is 11.3 Å². The van der Waals surface area contributed by atoms with E-state index in [9.17, 15) is 4.79 Å². The zero-order chi connectivity index (χ0) is 13.0. The van der Waals surface area contributed by atoms with E-state index in [4.69, 9.17) is 5.11 Å². The third-order valence-corrected chi connectivity index (χ3v) is 3.12. The van der Waals surface area contributed by atoms with Gasteiger partial charge in [-0.1, -0.05) is 0 Å². The van der Waals surface area contributed by atoms with Gasteiger partial charge in [-0.25, -0.2) is 14.8 Å². The Morgan fingerprint density at radius 2 is 2.33 bits per heavy atom. The summed E-state index contributed by atoms with van der Waals surface area (Å²) in [7, 11) is 0. The van der Waals surface area contributed by atoms with E-state index >= 15 is 0 Å². The van der Waals surface area contributed by atoms with Crippen LogP contribution in [0.1, 0.15) is 23.0 Å². The SMILES string of the molecule is CC(Cc1ccsc1)Nc1cnc(C(=O)O)cn1. The number of carboxylic acids is 1. The average Bonchev–Trinajstić information content (AvgIpc) is 2.82. The zero-order valence-corrected chi connectivity index (χ0v) is 10.6. The molecule has 2 heterocycles. The monoisotopic (exact) mass is 263 g/mol. The maximum Gasteiger partial charge on any atom is 0.356 e. The molecular weight excluding hydrogens is 250 g/mol. The van der Waals surface area contributed by atoms with E-state index in [-0.39, 0.29) is 11.7 Å².